The summed E-state index contributed by atoms with van der Waals surface area (Å²) in [6.07, 6.45) is 3.06. The van der Waals surface area contributed by atoms with E-state index in [9.17, 15) is 18.0 Å². The van der Waals surface area contributed by atoms with Crippen molar-refractivity contribution >= 4 is 5.91 Å². The summed E-state index contributed by atoms with van der Waals surface area (Å²) in [6.45, 7) is 2.98. The molecular weight excluding hydrogens is 477 g/mol. The lowest BCUT2D eigenvalue weighted by molar-refractivity contribution is -0.130. The molecule has 3 aromatic carbocycles. The molecule has 1 amide bonds. The van der Waals surface area contributed by atoms with E-state index >= 15 is 0 Å². The molecule has 2 fully saturated rings. The number of ether oxygens (including phenoxy) is 1. The van der Waals surface area contributed by atoms with Gasteiger partial charge in [-0.05, 0) is 72.4 Å². The first-order valence-electron chi connectivity index (χ1n) is 12.8. The summed E-state index contributed by atoms with van der Waals surface area (Å²) < 4.78 is 46.8. The molecule has 2 aliphatic rings. The molecule has 3 aromatic rings. The molecule has 1 N–H and O–H groups in total. The van der Waals surface area contributed by atoms with Crippen LogP contribution in [0.15, 0.2) is 72.8 Å². The van der Waals surface area contributed by atoms with Crippen LogP contribution in [0.25, 0.3) is 0 Å². The van der Waals surface area contributed by atoms with E-state index < -0.39 is 11.5 Å². The monoisotopic (exact) mass is 508 g/mol. The minimum atomic E-state index is -0.868. The number of halogens is 3. The third-order valence-electron chi connectivity index (χ3n) is 7.80. The lowest BCUT2D eigenvalue weighted by Gasteiger charge is -2.45. The Morgan fingerprint density at radius 2 is 1.35 bits per heavy atom. The van der Waals surface area contributed by atoms with Gasteiger partial charge in [0, 0.05) is 19.1 Å². The molecule has 2 unspecified atom stereocenters. The fourth-order valence-electron chi connectivity index (χ4n) is 5.81. The van der Waals surface area contributed by atoms with E-state index in [0.717, 1.165) is 31.5 Å². The number of benzene rings is 3. The number of nitrogens with zero attached hydrogens (tertiary/aromatic N) is 1. The van der Waals surface area contributed by atoms with Gasteiger partial charge in [0.25, 0.3) is 0 Å². The Bertz CT molecular complexity index is 1150. The molecule has 1 aliphatic heterocycles. The SMILES string of the molecule is O=C(NC(c1ccc(F)cc1)c1ccc(F)cc1)C1(c2ccc(F)cc2)CCCC(N2CCOCC2)C1. The summed E-state index contributed by atoms with van der Waals surface area (Å²) in [5.41, 5.74) is 1.29. The standard InChI is InChI=1S/C30H31F3N2O2/c31-24-9-3-21(4-10-24)28(22-5-11-25(32)12-6-22)34-29(36)30(23-7-13-26(33)14-8-23)15-1-2-27(20-30)35-16-18-37-19-17-35/h3-14,27-28H,1-2,15-20H2,(H,34,36). The van der Waals surface area contributed by atoms with Crippen molar-refractivity contribution in [1.29, 1.82) is 0 Å². The summed E-state index contributed by atoms with van der Waals surface area (Å²) >= 11 is 0. The topological polar surface area (TPSA) is 41.6 Å². The van der Waals surface area contributed by atoms with E-state index in [0.29, 0.717) is 37.2 Å². The Labute approximate surface area is 215 Å². The highest BCUT2D eigenvalue weighted by atomic mass is 19.1. The number of morpholine rings is 1. The zero-order valence-corrected chi connectivity index (χ0v) is 20.6. The van der Waals surface area contributed by atoms with Crippen LogP contribution in [0.4, 0.5) is 13.2 Å². The number of nitrogens with one attached hydrogen (secondary N) is 1. The van der Waals surface area contributed by atoms with Crippen LogP contribution in [0.1, 0.15) is 48.4 Å². The van der Waals surface area contributed by atoms with E-state index in [1.165, 1.54) is 36.4 Å². The predicted molar refractivity (Wildman–Crippen MR) is 136 cm³/mol. The number of hydrogen-bond donors (Lipinski definition) is 1. The fraction of sp³-hybridized carbons (Fsp3) is 0.367. The number of carbonyl (C=O) groups is 1. The summed E-state index contributed by atoms with van der Waals surface area (Å²) in [5.74, 6) is -1.28. The van der Waals surface area contributed by atoms with Crippen molar-refractivity contribution in [1.82, 2.24) is 10.2 Å². The second-order valence-electron chi connectivity index (χ2n) is 10.00. The van der Waals surface area contributed by atoms with E-state index in [1.54, 1.807) is 36.4 Å². The molecule has 1 heterocycles. The molecule has 0 spiro atoms. The van der Waals surface area contributed by atoms with E-state index in [1.807, 2.05) is 0 Å². The second-order valence-corrected chi connectivity index (χ2v) is 10.00. The van der Waals surface area contributed by atoms with Crippen molar-refractivity contribution in [2.75, 3.05) is 26.3 Å². The normalized spacial score (nSPS) is 22.6. The van der Waals surface area contributed by atoms with Crippen LogP contribution in [0.2, 0.25) is 0 Å². The smallest absolute Gasteiger partial charge is 0.231 e. The van der Waals surface area contributed by atoms with Crippen LogP contribution in [-0.2, 0) is 14.9 Å². The zero-order valence-electron chi connectivity index (χ0n) is 20.6. The Kier molecular flexibility index (Phi) is 7.63. The highest BCUT2D eigenvalue weighted by molar-refractivity contribution is 5.89. The molecule has 37 heavy (non-hydrogen) atoms. The van der Waals surface area contributed by atoms with Gasteiger partial charge in [-0.15, -0.1) is 0 Å². The number of amides is 1. The quantitative estimate of drug-likeness (QED) is 0.477. The Morgan fingerprint density at radius 3 is 1.89 bits per heavy atom. The molecule has 4 nitrogen and oxygen atoms in total. The Morgan fingerprint density at radius 1 is 0.838 bits per heavy atom. The first-order chi connectivity index (χ1) is 17.9. The molecule has 2 atom stereocenters. The van der Waals surface area contributed by atoms with E-state index in [4.69, 9.17) is 4.74 Å². The van der Waals surface area contributed by atoms with Crippen LogP contribution in [0.3, 0.4) is 0 Å². The van der Waals surface area contributed by atoms with Gasteiger partial charge < -0.3 is 10.1 Å². The minimum Gasteiger partial charge on any atom is -0.379 e. The van der Waals surface area contributed by atoms with Crippen LogP contribution >= 0.6 is 0 Å². The van der Waals surface area contributed by atoms with Gasteiger partial charge in [0.1, 0.15) is 17.5 Å². The Hall–Kier alpha value is -3.16. The molecule has 5 rings (SSSR count). The van der Waals surface area contributed by atoms with Crippen LogP contribution in [-0.4, -0.2) is 43.2 Å². The van der Waals surface area contributed by atoms with Crippen molar-refractivity contribution in [2.45, 2.75) is 43.2 Å². The summed E-state index contributed by atoms with van der Waals surface area (Å²) in [6, 6.07) is 17.7. The predicted octanol–water partition coefficient (Wildman–Crippen LogP) is 5.52. The summed E-state index contributed by atoms with van der Waals surface area (Å²) in [4.78, 5) is 16.7. The molecule has 7 heteroatoms. The largest absolute Gasteiger partial charge is 0.379 e. The lowest BCUT2D eigenvalue weighted by atomic mass is 9.66. The maximum absolute atomic E-state index is 14.3. The van der Waals surface area contributed by atoms with Gasteiger partial charge in [-0.25, -0.2) is 13.2 Å². The fourth-order valence-corrected chi connectivity index (χ4v) is 5.81. The van der Waals surface area contributed by atoms with Crippen molar-refractivity contribution < 1.29 is 22.7 Å². The van der Waals surface area contributed by atoms with Gasteiger partial charge in [0.15, 0.2) is 0 Å². The third kappa shape index (κ3) is 5.58. The van der Waals surface area contributed by atoms with Crippen molar-refractivity contribution in [3.63, 3.8) is 0 Å². The molecule has 1 saturated carbocycles. The first-order valence-corrected chi connectivity index (χ1v) is 12.8. The molecule has 0 radical (unpaired) electrons. The molecule has 0 aromatic heterocycles. The van der Waals surface area contributed by atoms with Crippen molar-refractivity contribution in [2.24, 2.45) is 0 Å². The highest BCUT2D eigenvalue weighted by Crippen LogP contribution is 2.42. The maximum Gasteiger partial charge on any atom is 0.231 e. The second kappa shape index (κ2) is 11.1. The van der Waals surface area contributed by atoms with E-state index in [2.05, 4.69) is 10.2 Å². The molecule has 0 bridgehead atoms. The molecule has 1 aliphatic carbocycles. The number of carbonyl (C=O) groups excluding carboxylic acids is 1. The summed E-state index contributed by atoms with van der Waals surface area (Å²) in [5, 5.41) is 3.21. The Balaban J connectivity index is 1.51. The third-order valence-corrected chi connectivity index (χ3v) is 7.80. The molecular formula is C30H31F3N2O2. The number of hydrogen-bond acceptors (Lipinski definition) is 3. The average Bonchev–Trinajstić information content (AvgIpc) is 2.93. The first kappa shape index (κ1) is 25.5. The summed E-state index contributed by atoms with van der Waals surface area (Å²) in [7, 11) is 0. The van der Waals surface area contributed by atoms with Gasteiger partial charge in [-0.3, -0.25) is 9.69 Å². The van der Waals surface area contributed by atoms with Crippen molar-refractivity contribution in [3.8, 4) is 0 Å². The molecule has 1 saturated heterocycles. The van der Waals surface area contributed by atoms with Gasteiger partial charge in [0.05, 0.1) is 24.7 Å². The highest BCUT2D eigenvalue weighted by Gasteiger charge is 2.46. The van der Waals surface area contributed by atoms with Crippen molar-refractivity contribution in [3.05, 3.63) is 107 Å². The zero-order chi connectivity index (χ0) is 25.8. The van der Waals surface area contributed by atoms with Gasteiger partial charge in [0.2, 0.25) is 5.91 Å². The van der Waals surface area contributed by atoms with Gasteiger partial charge in [-0.2, -0.15) is 0 Å². The number of rotatable bonds is 6. The van der Waals surface area contributed by atoms with Gasteiger partial charge in [-0.1, -0.05) is 42.8 Å². The van der Waals surface area contributed by atoms with E-state index in [-0.39, 0.29) is 29.4 Å². The molecule has 194 valence electrons. The van der Waals surface area contributed by atoms with Crippen LogP contribution in [0, 0.1) is 17.5 Å². The van der Waals surface area contributed by atoms with Crippen LogP contribution in [0.5, 0.6) is 0 Å². The maximum atomic E-state index is 14.3. The van der Waals surface area contributed by atoms with Crippen LogP contribution < -0.4 is 5.32 Å². The lowest BCUT2D eigenvalue weighted by Crippen LogP contribution is -2.54. The van der Waals surface area contributed by atoms with Gasteiger partial charge >= 0.3 is 0 Å². The average molecular weight is 509 g/mol. The minimum absolute atomic E-state index is 0.171.